The molecular weight excluding hydrogens is 332 g/mol. The minimum Gasteiger partial charge on any atom is -0.481 e. The first kappa shape index (κ1) is 20.7. The molecule has 0 heterocycles. The zero-order valence-electron chi connectivity index (χ0n) is 15.1. The number of carbonyl (C=O) groups is 4. The molecule has 25 heavy (non-hydrogen) atoms. The van der Waals surface area contributed by atoms with E-state index in [1.165, 1.54) is 14.0 Å². The van der Waals surface area contributed by atoms with E-state index < -0.39 is 53.3 Å². The fraction of sp³-hybridized carbons (Fsp3) is 0.750. The summed E-state index contributed by atoms with van der Waals surface area (Å²) < 4.78 is 10.1. The van der Waals surface area contributed by atoms with Gasteiger partial charge >= 0.3 is 18.0 Å². The standard InChI is InChI=1S/C16H26N2O7/c1-8(19)24-7-11-9(14(21)22)6-10(13(20)17-5)12(11)18-15(23)25-16(2,3)4/h9-12H,6-7H2,1-5H3,(H,17,20)(H,18,23)(H,21,22)/t9-,10+,11+,12-/m1/s1. The van der Waals surface area contributed by atoms with Gasteiger partial charge in [0.1, 0.15) is 5.60 Å². The van der Waals surface area contributed by atoms with Crippen LogP contribution in [0.2, 0.25) is 0 Å². The molecule has 1 rings (SSSR count). The number of ether oxygens (including phenoxy) is 2. The normalized spacial score (nSPS) is 25.8. The van der Waals surface area contributed by atoms with E-state index in [1.54, 1.807) is 20.8 Å². The molecule has 1 fully saturated rings. The van der Waals surface area contributed by atoms with Crippen molar-refractivity contribution in [2.45, 2.75) is 45.8 Å². The molecule has 2 amide bonds. The van der Waals surface area contributed by atoms with Gasteiger partial charge in [-0.05, 0) is 27.2 Å². The summed E-state index contributed by atoms with van der Waals surface area (Å²) in [4.78, 5) is 46.9. The summed E-state index contributed by atoms with van der Waals surface area (Å²) >= 11 is 0. The fourth-order valence-electron chi connectivity index (χ4n) is 2.97. The van der Waals surface area contributed by atoms with Crippen molar-refractivity contribution in [1.82, 2.24) is 10.6 Å². The molecule has 0 aromatic rings. The van der Waals surface area contributed by atoms with Crippen LogP contribution >= 0.6 is 0 Å². The van der Waals surface area contributed by atoms with Crippen LogP contribution in [-0.4, -0.2) is 54.3 Å². The van der Waals surface area contributed by atoms with Gasteiger partial charge < -0.3 is 25.2 Å². The quantitative estimate of drug-likeness (QED) is 0.611. The number of amides is 2. The zero-order valence-corrected chi connectivity index (χ0v) is 15.1. The monoisotopic (exact) mass is 358 g/mol. The maximum absolute atomic E-state index is 12.1. The van der Waals surface area contributed by atoms with Gasteiger partial charge in [-0.3, -0.25) is 14.4 Å². The number of hydrogen-bond acceptors (Lipinski definition) is 6. The van der Waals surface area contributed by atoms with Crippen LogP contribution < -0.4 is 10.6 Å². The highest BCUT2D eigenvalue weighted by molar-refractivity contribution is 5.83. The number of esters is 1. The molecule has 0 unspecified atom stereocenters. The second-order valence-corrected chi connectivity index (χ2v) is 7.04. The van der Waals surface area contributed by atoms with E-state index in [-0.39, 0.29) is 13.0 Å². The first-order valence-electron chi connectivity index (χ1n) is 8.03. The van der Waals surface area contributed by atoms with Gasteiger partial charge in [-0.25, -0.2) is 4.79 Å². The number of nitrogens with one attached hydrogen (secondary N) is 2. The van der Waals surface area contributed by atoms with Crippen molar-refractivity contribution in [3.05, 3.63) is 0 Å². The summed E-state index contributed by atoms with van der Waals surface area (Å²) in [5.41, 5.74) is -0.747. The predicted molar refractivity (Wildman–Crippen MR) is 86.6 cm³/mol. The van der Waals surface area contributed by atoms with Crippen LogP contribution in [0, 0.1) is 17.8 Å². The largest absolute Gasteiger partial charge is 0.481 e. The van der Waals surface area contributed by atoms with E-state index in [9.17, 15) is 24.3 Å². The minimum atomic E-state index is -1.11. The highest BCUT2D eigenvalue weighted by atomic mass is 16.6. The average molecular weight is 358 g/mol. The highest BCUT2D eigenvalue weighted by Crippen LogP contribution is 2.38. The molecule has 4 atom stereocenters. The van der Waals surface area contributed by atoms with Crippen molar-refractivity contribution < 1.29 is 33.8 Å². The molecule has 0 radical (unpaired) electrons. The zero-order chi connectivity index (χ0) is 19.4. The van der Waals surface area contributed by atoms with Crippen LogP contribution in [0.3, 0.4) is 0 Å². The third kappa shape index (κ3) is 5.91. The molecule has 0 saturated heterocycles. The van der Waals surface area contributed by atoms with E-state index in [1.807, 2.05) is 0 Å². The van der Waals surface area contributed by atoms with Crippen molar-refractivity contribution >= 4 is 23.9 Å². The van der Waals surface area contributed by atoms with E-state index >= 15 is 0 Å². The molecule has 1 aliphatic carbocycles. The number of alkyl carbamates (subject to hydrolysis) is 1. The second-order valence-electron chi connectivity index (χ2n) is 7.04. The Labute approximate surface area is 146 Å². The van der Waals surface area contributed by atoms with Gasteiger partial charge in [-0.15, -0.1) is 0 Å². The first-order valence-corrected chi connectivity index (χ1v) is 8.03. The highest BCUT2D eigenvalue weighted by Gasteiger charge is 2.50. The summed E-state index contributed by atoms with van der Waals surface area (Å²) in [5, 5.41) is 14.5. The van der Waals surface area contributed by atoms with Gasteiger partial charge in [0.25, 0.3) is 0 Å². The lowest BCUT2D eigenvalue weighted by atomic mass is 9.93. The van der Waals surface area contributed by atoms with Crippen LogP contribution in [0.25, 0.3) is 0 Å². The topological polar surface area (TPSA) is 131 Å². The maximum Gasteiger partial charge on any atom is 0.407 e. The molecule has 1 aliphatic rings. The maximum atomic E-state index is 12.1. The van der Waals surface area contributed by atoms with Crippen LogP contribution in [0.1, 0.15) is 34.1 Å². The molecular formula is C16H26N2O7. The second kappa shape index (κ2) is 8.17. The van der Waals surface area contributed by atoms with E-state index in [0.717, 1.165) is 0 Å². The van der Waals surface area contributed by atoms with Crippen molar-refractivity contribution in [2.75, 3.05) is 13.7 Å². The number of hydrogen-bond donors (Lipinski definition) is 3. The summed E-state index contributed by atoms with van der Waals surface area (Å²) in [6, 6.07) is -0.824. The van der Waals surface area contributed by atoms with Crippen LogP contribution in [0.5, 0.6) is 0 Å². The third-order valence-electron chi connectivity index (χ3n) is 3.98. The Morgan fingerprint density at radius 3 is 2.20 bits per heavy atom. The third-order valence-corrected chi connectivity index (χ3v) is 3.98. The Morgan fingerprint density at radius 1 is 1.16 bits per heavy atom. The summed E-state index contributed by atoms with van der Waals surface area (Å²) in [6.45, 7) is 6.06. The Bertz CT molecular complexity index is 541. The molecule has 0 aromatic heterocycles. The van der Waals surface area contributed by atoms with Crippen molar-refractivity contribution in [3.63, 3.8) is 0 Å². The summed E-state index contributed by atoms with van der Waals surface area (Å²) in [6.07, 6.45) is -0.730. The molecule has 0 aromatic carbocycles. The van der Waals surface area contributed by atoms with Gasteiger partial charge in [0.15, 0.2) is 0 Å². The summed E-state index contributed by atoms with van der Waals surface area (Å²) in [7, 11) is 1.43. The number of carbonyl (C=O) groups excluding carboxylic acids is 3. The molecule has 1 saturated carbocycles. The molecule has 142 valence electrons. The lowest BCUT2D eigenvalue weighted by Gasteiger charge is -2.28. The lowest BCUT2D eigenvalue weighted by Crippen LogP contribution is -2.49. The Morgan fingerprint density at radius 2 is 1.76 bits per heavy atom. The number of carboxylic acid groups (broad SMARTS) is 1. The molecule has 9 nitrogen and oxygen atoms in total. The van der Waals surface area contributed by atoms with Crippen LogP contribution in [0.4, 0.5) is 4.79 Å². The van der Waals surface area contributed by atoms with Gasteiger partial charge in [-0.2, -0.15) is 0 Å². The molecule has 3 N–H and O–H groups in total. The molecule has 9 heteroatoms. The van der Waals surface area contributed by atoms with Gasteiger partial charge in [0.2, 0.25) is 5.91 Å². The van der Waals surface area contributed by atoms with E-state index in [4.69, 9.17) is 9.47 Å². The van der Waals surface area contributed by atoms with Crippen molar-refractivity contribution in [3.8, 4) is 0 Å². The van der Waals surface area contributed by atoms with Gasteiger partial charge in [0.05, 0.1) is 24.5 Å². The van der Waals surface area contributed by atoms with Gasteiger partial charge in [-0.1, -0.05) is 0 Å². The SMILES string of the molecule is CNC(=O)[C@H]1C[C@@H](C(=O)O)[C@H](COC(C)=O)[C@@H]1NC(=O)OC(C)(C)C. The van der Waals surface area contributed by atoms with Gasteiger partial charge in [0, 0.05) is 19.9 Å². The molecule has 0 bridgehead atoms. The van der Waals surface area contributed by atoms with Crippen LogP contribution in [-0.2, 0) is 23.9 Å². The molecule has 0 aliphatic heterocycles. The Hall–Kier alpha value is -2.32. The van der Waals surface area contributed by atoms with Crippen LogP contribution in [0.15, 0.2) is 0 Å². The molecule has 0 spiro atoms. The minimum absolute atomic E-state index is 0.0292. The van der Waals surface area contributed by atoms with E-state index in [2.05, 4.69) is 10.6 Å². The smallest absolute Gasteiger partial charge is 0.407 e. The Kier molecular flexibility index (Phi) is 6.78. The lowest BCUT2D eigenvalue weighted by molar-refractivity contribution is -0.149. The number of rotatable bonds is 5. The number of aliphatic carboxylic acids is 1. The average Bonchev–Trinajstić information content (AvgIpc) is 2.80. The Balaban J connectivity index is 3.05. The predicted octanol–water partition coefficient (Wildman–Crippen LogP) is 0.526. The van der Waals surface area contributed by atoms with Crippen molar-refractivity contribution in [1.29, 1.82) is 0 Å². The number of carboxylic acids is 1. The van der Waals surface area contributed by atoms with E-state index in [0.29, 0.717) is 0 Å². The summed E-state index contributed by atoms with van der Waals surface area (Å²) in [5.74, 6) is -4.50. The van der Waals surface area contributed by atoms with Crippen molar-refractivity contribution in [2.24, 2.45) is 17.8 Å². The fourth-order valence-corrected chi connectivity index (χ4v) is 2.97. The first-order chi connectivity index (χ1) is 11.5.